The van der Waals surface area contributed by atoms with Gasteiger partial charge in [0.15, 0.2) is 0 Å². The van der Waals surface area contributed by atoms with E-state index in [1.807, 2.05) is 19.1 Å². The van der Waals surface area contributed by atoms with E-state index in [0.29, 0.717) is 12.1 Å². The predicted molar refractivity (Wildman–Crippen MR) is 64.0 cm³/mol. The van der Waals surface area contributed by atoms with Crippen LogP contribution in [0.2, 0.25) is 0 Å². The molecule has 0 radical (unpaired) electrons. The molecule has 0 aliphatic rings. The summed E-state index contributed by atoms with van der Waals surface area (Å²) in [4.78, 5) is 4.05. The molecule has 1 N–H and O–H groups in total. The van der Waals surface area contributed by atoms with Crippen molar-refractivity contribution >= 4 is 0 Å². The van der Waals surface area contributed by atoms with Gasteiger partial charge >= 0.3 is 0 Å². The summed E-state index contributed by atoms with van der Waals surface area (Å²) in [6.45, 7) is 3.60. The Morgan fingerprint density at radius 2 is 2.35 bits per heavy atom. The molecule has 0 saturated carbocycles. The Morgan fingerprint density at radius 3 is 3.12 bits per heavy atom. The van der Waals surface area contributed by atoms with Gasteiger partial charge in [0.05, 0.1) is 18.4 Å². The minimum atomic E-state index is 0.554. The fourth-order valence-corrected chi connectivity index (χ4v) is 1.62. The molecule has 2 heterocycles. The molecule has 0 fully saturated rings. The molecule has 0 amide bonds. The molecule has 0 saturated heterocycles. The topological polar surface area (TPSA) is 61.9 Å². The molecule has 2 aromatic heterocycles. The maximum absolute atomic E-state index is 8.84. The second-order valence-electron chi connectivity index (χ2n) is 3.61. The molecule has 4 nitrogen and oxygen atoms in total. The summed E-state index contributed by atoms with van der Waals surface area (Å²) >= 11 is 0. The van der Waals surface area contributed by atoms with Crippen LogP contribution in [0, 0.1) is 11.3 Å². The molecule has 0 spiro atoms. The molecule has 4 heteroatoms. The van der Waals surface area contributed by atoms with Gasteiger partial charge in [-0.2, -0.15) is 5.26 Å². The normalized spacial score (nSPS) is 10.1. The van der Waals surface area contributed by atoms with Crippen molar-refractivity contribution in [2.24, 2.45) is 0 Å². The summed E-state index contributed by atoms with van der Waals surface area (Å²) < 4.78 is 5.42. The van der Waals surface area contributed by atoms with Crippen molar-refractivity contribution in [3.63, 3.8) is 0 Å². The van der Waals surface area contributed by atoms with Crippen LogP contribution >= 0.6 is 0 Å². The predicted octanol–water partition coefficient (Wildman–Crippen LogP) is 2.32. The number of nitrogens with one attached hydrogen (secondary N) is 1. The Labute approximate surface area is 99.9 Å². The van der Waals surface area contributed by atoms with Gasteiger partial charge < -0.3 is 9.73 Å². The van der Waals surface area contributed by atoms with E-state index in [0.717, 1.165) is 23.4 Å². The van der Waals surface area contributed by atoms with Crippen molar-refractivity contribution in [3.8, 4) is 17.2 Å². The highest BCUT2D eigenvalue weighted by molar-refractivity contribution is 5.65. The molecule has 0 unspecified atom stereocenters. The van der Waals surface area contributed by atoms with Gasteiger partial charge in [-0.1, -0.05) is 6.92 Å². The summed E-state index contributed by atoms with van der Waals surface area (Å²) in [5, 5.41) is 12.1. The Hall–Kier alpha value is -2.12. The van der Waals surface area contributed by atoms with Crippen LogP contribution in [0.1, 0.15) is 18.2 Å². The van der Waals surface area contributed by atoms with Gasteiger partial charge in [-0.25, -0.2) is 0 Å². The van der Waals surface area contributed by atoms with Crippen LogP contribution in [0.15, 0.2) is 35.2 Å². The average Bonchev–Trinajstić information content (AvgIpc) is 2.84. The minimum Gasteiger partial charge on any atom is -0.467 e. The first-order valence-electron chi connectivity index (χ1n) is 5.47. The van der Waals surface area contributed by atoms with Gasteiger partial charge in [0.1, 0.15) is 11.8 Å². The number of hydrogen-bond acceptors (Lipinski definition) is 4. The van der Waals surface area contributed by atoms with Gasteiger partial charge in [-0.15, -0.1) is 0 Å². The molecule has 2 rings (SSSR count). The van der Waals surface area contributed by atoms with Crippen LogP contribution < -0.4 is 5.32 Å². The van der Waals surface area contributed by atoms with E-state index >= 15 is 0 Å². The van der Waals surface area contributed by atoms with Crippen LogP contribution in [0.25, 0.3) is 11.1 Å². The first-order valence-corrected chi connectivity index (χ1v) is 5.47. The first kappa shape index (κ1) is 11.4. The van der Waals surface area contributed by atoms with Gasteiger partial charge in [-0.3, -0.25) is 4.98 Å². The van der Waals surface area contributed by atoms with E-state index in [1.165, 1.54) is 0 Å². The highest BCUT2D eigenvalue weighted by Crippen LogP contribution is 2.24. The summed E-state index contributed by atoms with van der Waals surface area (Å²) in [7, 11) is 0. The Kier molecular flexibility index (Phi) is 3.53. The second kappa shape index (κ2) is 5.28. The molecular formula is C13H13N3O. The molecule has 0 aliphatic carbocycles. The van der Waals surface area contributed by atoms with E-state index in [1.54, 1.807) is 18.7 Å². The van der Waals surface area contributed by atoms with Gasteiger partial charge in [0.25, 0.3) is 0 Å². The molecule has 0 aromatic carbocycles. The highest BCUT2D eigenvalue weighted by atomic mass is 16.3. The van der Waals surface area contributed by atoms with Crippen molar-refractivity contribution in [3.05, 3.63) is 42.1 Å². The lowest BCUT2D eigenvalue weighted by molar-refractivity contribution is 0.489. The van der Waals surface area contributed by atoms with Gasteiger partial charge in [0.2, 0.25) is 0 Å². The maximum atomic E-state index is 8.84. The van der Waals surface area contributed by atoms with Crippen LogP contribution in [-0.4, -0.2) is 11.5 Å². The average molecular weight is 227 g/mol. The minimum absolute atomic E-state index is 0.554. The Balaban J connectivity index is 2.33. The third-order valence-corrected chi connectivity index (χ3v) is 2.46. The van der Waals surface area contributed by atoms with E-state index in [2.05, 4.69) is 16.4 Å². The Morgan fingerprint density at radius 1 is 1.47 bits per heavy atom. The van der Waals surface area contributed by atoms with Crippen LogP contribution in [0.3, 0.4) is 0 Å². The highest BCUT2D eigenvalue weighted by Gasteiger charge is 2.09. The van der Waals surface area contributed by atoms with Crippen molar-refractivity contribution in [2.75, 3.05) is 6.54 Å². The number of hydrogen-bond donors (Lipinski definition) is 1. The fourth-order valence-electron chi connectivity index (χ4n) is 1.62. The van der Waals surface area contributed by atoms with Gasteiger partial charge in [-0.05, 0) is 18.7 Å². The van der Waals surface area contributed by atoms with E-state index in [9.17, 15) is 0 Å². The van der Waals surface area contributed by atoms with Crippen molar-refractivity contribution in [1.82, 2.24) is 10.3 Å². The monoisotopic (exact) mass is 227 g/mol. The molecule has 2 aromatic rings. The lowest BCUT2D eigenvalue weighted by Crippen LogP contribution is -2.11. The van der Waals surface area contributed by atoms with Crippen LogP contribution in [-0.2, 0) is 6.54 Å². The third kappa shape index (κ3) is 2.52. The number of rotatable bonds is 4. The standard InChI is InChI=1S/C13H13N3O/c1-2-15-9-13-12(3-4-17-13)11-5-10(6-14)7-16-8-11/h3-5,7-8,15H,2,9H2,1H3. The van der Waals surface area contributed by atoms with Crippen molar-refractivity contribution in [1.29, 1.82) is 5.26 Å². The maximum Gasteiger partial charge on any atom is 0.125 e. The first-order chi connectivity index (χ1) is 8.35. The quantitative estimate of drug-likeness (QED) is 0.870. The zero-order valence-corrected chi connectivity index (χ0v) is 9.60. The molecule has 0 bridgehead atoms. The van der Waals surface area contributed by atoms with Crippen LogP contribution in [0.5, 0.6) is 0 Å². The zero-order valence-electron chi connectivity index (χ0n) is 9.60. The number of furan rings is 1. The molecule has 17 heavy (non-hydrogen) atoms. The molecule has 86 valence electrons. The second-order valence-corrected chi connectivity index (χ2v) is 3.61. The summed E-state index contributed by atoms with van der Waals surface area (Å²) in [6.07, 6.45) is 4.94. The molecule has 0 atom stereocenters. The number of aromatic nitrogens is 1. The van der Waals surface area contributed by atoms with Crippen molar-refractivity contribution < 1.29 is 4.42 Å². The van der Waals surface area contributed by atoms with Crippen molar-refractivity contribution in [2.45, 2.75) is 13.5 Å². The zero-order chi connectivity index (χ0) is 12.1. The summed E-state index contributed by atoms with van der Waals surface area (Å²) in [5.74, 6) is 0.865. The number of nitriles is 1. The van der Waals surface area contributed by atoms with E-state index in [4.69, 9.17) is 9.68 Å². The van der Waals surface area contributed by atoms with E-state index < -0.39 is 0 Å². The number of pyridine rings is 1. The molecular weight excluding hydrogens is 214 g/mol. The smallest absolute Gasteiger partial charge is 0.125 e. The van der Waals surface area contributed by atoms with E-state index in [-0.39, 0.29) is 0 Å². The largest absolute Gasteiger partial charge is 0.467 e. The summed E-state index contributed by atoms with van der Waals surface area (Å²) in [5.41, 5.74) is 2.44. The lowest BCUT2D eigenvalue weighted by Gasteiger charge is -2.03. The lowest BCUT2D eigenvalue weighted by atomic mass is 10.1. The summed E-state index contributed by atoms with van der Waals surface area (Å²) in [6, 6.07) is 5.79. The molecule has 0 aliphatic heterocycles. The fraction of sp³-hybridized carbons (Fsp3) is 0.231. The number of nitrogens with zero attached hydrogens (tertiary/aromatic N) is 2. The van der Waals surface area contributed by atoms with Gasteiger partial charge in [0, 0.05) is 23.5 Å². The van der Waals surface area contributed by atoms with Crippen LogP contribution in [0.4, 0.5) is 0 Å². The third-order valence-electron chi connectivity index (χ3n) is 2.46. The Bertz CT molecular complexity index is 540. The SMILES string of the molecule is CCNCc1occc1-c1cncc(C#N)c1.